The molecule has 2 N–H and O–H groups in total. The number of aromatic nitrogens is 3. The van der Waals surface area contributed by atoms with Gasteiger partial charge in [0.05, 0.1) is 7.11 Å². The van der Waals surface area contributed by atoms with Crippen LogP contribution in [0.4, 0.5) is 0 Å². The molecule has 0 spiro atoms. The van der Waals surface area contributed by atoms with Crippen molar-refractivity contribution in [1.29, 1.82) is 0 Å². The normalized spacial score (nSPS) is 21.1. The van der Waals surface area contributed by atoms with Gasteiger partial charge in [0.2, 0.25) is 0 Å². The van der Waals surface area contributed by atoms with Crippen molar-refractivity contribution >= 4 is 11.8 Å². The minimum Gasteiger partial charge on any atom is -0.497 e. The zero-order valence-electron chi connectivity index (χ0n) is 12.5. The van der Waals surface area contributed by atoms with Crippen LogP contribution in [0.15, 0.2) is 23.4 Å². The maximum absolute atomic E-state index is 6.49. The largest absolute Gasteiger partial charge is 0.497 e. The van der Waals surface area contributed by atoms with Crippen molar-refractivity contribution < 1.29 is 4.74 Å². The van der Waals surface area contributed by atoms with Crippen LogP contribution in [0.5, 0.6) is 5.75 Å². The first-order chi connectivity index (χ1) is 10.1. The van der Waals surface area contributed by atoms with E-state index in [1.165, 1.54) is 11.1 Å². The van der Waals surface area contributed by atoms with E-state index in [4.69, 9.17) is 10.5 Å². The lowest BCUT2D eigenvalue weighted by Crippen LogP contribution is -2.29. The van der Waals surface area contributed by atoms with E-state index >= 15 is 0 Å². The summed E-state index contributed by atoms with van der Waals surface area (Å²) in [5.41, 5.74) is 9.00. The first-order valence-corrected chi connectivity index (χ1v) is 7.93. The lowest BCUT2D eigenvalue weighted by atomic mass is 9.87. The lowest BCUT2D eigenvalue weighted by molar-refractivity contribution is 0.412. The molecule has 1 aliphatic carbocycles. The fourth-order valence-electron chi connectivity index (χ4n) is 2.67. The molecule has 1 heterocycles. The summed E-state index contributed by atoms with van der Waals surface area (Å²) in [4.78, 5) is 0. The van der Waals surface area contributed by atoms with E-state index in [0.717, 1.165) is 29.6 Å². The van der Waals surface area contributed by atoms with Crippen molar-refractivity contribution in [2.45, 2.75) is 36.2 Å². The predicted octanol–water partition coefficient (Wildman–Crippen LogP) is 2.24. The number of hydrogen-bond donors (Lipinski definition) is 1. The molecular formula is C15H20N4OS. The molecule has 21 heavy (non-hydrogen) atoms. The second kappa shape index (κ2) is 5.69. The van der Waals surface area contributed by atoms with Crippen molar-refractivity contribution in [3.05, 3.63) is 35.2 Å². The van der Waals surface area contributed by atoms with Crippen LogP contribution in [0.25, 0.3) is 0 Å². The maximum Gasteiger partial charge on any atom is 0.191 e. The Morgan fingerprint density at radius 2 is 2.19 bits per heavy atom. The van der Waals surface area contributed by atoms with Crippen molar-refractivity contribution in [3.8, 4) is 5.75 Å². The van der Waals surface area contributed by atoms with E-state index < -0.39 is 0 Å². The van der Waals surface area contributed by atoms with Gasteiger partial charge in [0.25, 0.3) is 0 Å². The van der Waals surface area contributed by atoms with Crippen molar-refractivity contribution in [2.24, 2.45) is 12.8 Å². The number of hydrogen-bond acceptors (Lipinski definition) is 5. The number of nitrogens with zero attached hydrogens (tertiary/aromatic N) is 3. The highest BCUT2D eigenvalue weighted by molar-refractivity contribution is 7.99. The molecule has 2 aromatic rings. The number of nitrogens with two attached hydrogens (primary N) is 1. The highest BCUT2D eigenvalue weighted by Crippen LogP contribution is 2.39. The van der Waals surface area contributed by atoms with Gasteiger partial charge in [-0.25, -0.2) is 0 Å². The monoisotopic (exact) mass is 304 g/mol. The van der Waals surface area contributed by atoms with E-state index in [1.807, 2.05) is 24.6 Å². The number of benzene rings is 1. The third-order valence-electron chi connectivity index (χ3n) is 4.12. The molecule has 3 rings (SSSR count). The van der Waals surface area contributed by atoms with Gasteiger partial charge in [-0.2, -0.15) is 0 Å². The number of methoxy groups -OCH3 is 1. The Morgan fingerprint density at radius 1 is 1.38 bits per heavy atom. The number of aryl methyl sites for hydroxylation is 2. The zero-order chi connectivity index (χ0) is 15.0. The first kappa shape index (κ1) is 14.4. The Morgan fingerprint density at radius 3 is 2.86 bits per heavy atom. The molecule has 2 atom stereocenters. The molecule has 1 aromatic carbocycles. The summed E-state index contributed by atoms with van der Waals surface area (Å²) in [6.45, 7) is 1.96. The van der Waals surface area contributed by atoms with Gasteiger partial charge in [-0.05, 0) is 43.0 Å². The third-order valence-corrected chi connectivity index (χ3v) is 5.52. The van der Waals surface area contributed by atoms with E-state index in [0.29, 0.717) is 5.25 Å². The van der Waals surface area contributed by atoms with Gasteiger partial charge < -0.3 is 15.0 Å². The fourth-order valence-corrected chi connectivity index (χ4v) is 3.85. The summed E-state index contributed by atoms with van der Waals surface area (Å²) in [5, 5.41) is 9.58. The van der Waals surface area contributed by atoms with Crippen LogP contribution in [0.2, 0.25) is 0 Å². The second-order valence-corrected chi connectivity index (χ2v) is 6.58. The fraction of sp³-hybridized carbons (Fsp3) is 0.467. The smallest absolute Gasteiger partial charge is 0.191 e. The van der Waals surface area contributed by atoms with Gasteiger partial charge in [0.15, 0.2) is 5.16 Å². The highest BCUT2D eigenvalue weighted by atomic mass is 32.2. The second-order valence-electron chi connectivity index (χ2n) is 5.37. The van der Waals surface area contributed by atoms with E-state index in [1.54, 1.807) is 18.9 Å². The predicted molar refractivity (Wildman–Crippen MR) is 83.6 cm³/mol. The highest BCUT2D eigenvalue weighted by Gasteiger charge is 2.29. The number of rotatable bonds is 3. The van der Waals surface area contributed by atoms with Crippen molar-refractivity contribution in [3.63, 3.8) is 0 Å². The Bertz CT molecular complexity index is 655. The molecule has 0 bridgehead atoms. The van der Waals surface area contributed by atoms with Gasteiger partial charge in [-0.15, -0.1) is 10.2 Å². The average Bonchev–Trinajstić information content (AvgIpc) is 2.82. The molecule has 0 amide bonds. The standard InChI is InChI=1S/C15H20N4OS/c1-9-17-18-15(19(9)2)21-13-7-5-10-4-6-11(20-3)8-12(10)14(13)16/h4,6,8,13-14H,5,7,16H2,1-3H3. The molecule has 0 saturated heterocycles. The van der Waals surface area contributed by atoms with E-state index in [2.05, 4.69) is 22.3 Å². The van der Waals surface area contributed by atoms with Gasteiger partial charge in [-0.1, -0.05) is 17.8 Å². The lowest BCUT2D eigenvalue weighted by Gasteiger charge is -2.30. The summed E-state index contributed by atoms with van der Waals surface area (Å²) < 4.78 is 7.33. The van der Waals surface area contributed by atoms with Crippen LogP contribution in [-0.2, 0) is 13.5 Å². The van der Waals surface area contributed by atoms with Crippen LogP contribution in [0.3, 0.4) is 0 Å². The summed E-state index contributed by atoms with van der Waals surface area (Å²) in [6, 6.07) is 6.19. The molecular weight excluding hydrogens is 284 g/mol. The molecule has 1 aliphatic rings. The van der Waals surface area contributed by atoms with Crippen molar-refractivity contribution in [2.75, 3.05) is 7.11 Å². The first-order valence-electron chi connectivity index (χ1n) is 7.05. The van der Waals surface area contributed by atoms with Gasteiger partial charge >= 0.3 is 0 Å². The van der Waals surface area contributed by atoms with Crippen LogP contribution >= 0.6 is 11.8 Å². The van der Waals surface area contributed by atoms with Crippen LogP contribution in [0.1, 0.15) is 29.4 Å². The molecule has 6 heteroatoms. The molecule has 112 valence electrons. The Hall–Kier alpha value is -1.53. The topological polar surface area (TPSA) is 66.0 Å². The molecule has 2 unspecified atom stereocenters. The Labute approximate surface area is 128 Å². The van der Waals surface area contributed by atoms with Gasteiger partial charge in [0, 0.05) is 18.3 Å². The van der Waals surface area contributed by atoms with Crippen LogP contribution in [0, 0.1) is 6.92 Å². The Balaban J connectivity index is 1.84. The zero-order valence-corrected chi connectivity index (χ0v) is 13.4. The van der Waals surface area contributed by atoms with Crippen LogP contribution < -0.4 is 10.5 Å². The molecule has 5 nitrogen and oxygen atoms in total. The molecule has 0 radical (unpaired) electrons. The molecule has 1 aromatic heterocycles. The third kappa shape index (κ3) is 2.65. The Kier molecular flexibility index (Phi) is 3.91. The summed E-state index contributed by atoms with van der Waals surface area (Å²) >= 11 is 1.72. The summed E-state index contributed by atoms with van der Waals surface area (Å²) in [7, 11) is 3.67. The molecule has 0 aliphatic heterocycles. The number of ether oxygens (including phenoxy) is 1. The number of thioether (sulfide) groups is 1. The average molecular weight is 304 g/mol. The SMILES string of the molecule is COc1ccc2c(c1)C(N)C(Sc1nnc(C)n1C)CC2. The number of fused-ring (bicyclic) bond motifs is 1. The summed E-state index contributed by atoms with van der Waals surface area (Å²) in [6.07, 6.45) is 2.10. The quantitative estimate of drug-likeness (QED) is 0.942. The minimum absolute atomic E-state index is 0.00847. The van der Waals surface area contributed by atoms with Gasteiger partial charge in [-0.3, -0.25) is 0 Å². The van der Waals surface area contributed by atoms with Gasteiger partial charge in [0.1, 0.15) is 11.6 Å². The summed E-state index contributed by atoms with van der Waals surface area (Å²) in [5.74, 6) is 1.79. The van der Waals surface area contributed by atoms with Crippen LogP contribution in [-0.4, -0.2) is 27.1 Å². The van der Waals surface area contributed by atoms with E-state index in [9.17, 15) is 0 Å². The van der Waals surface area contributed by atoms with E-state index in [-0.39, 0.29) is 6.04 Å². The molecule has 0 fully saturated rings. The molecule has 0 saturated carbocycles. The van der Waals surface area contributed by atoms with Crippen molar-refractivity contribution in [1.82, 2.24) is 14.8 Å². The minimum atomic E-state index is -0.00847. The maximum atomic E-state index is 6.49.